The molecule has 4 aliphatic carbocycles. The maximum Gasteiger partial charge on any atom is 0.253 e. The van der Waals surface area contributed by atoms with Crippen molar-refractivity contribution in [3.8, 4) is 0 Å². The highest BCUT2D eigenvalue weighted by Crippen LogP contribution is 2.64. The van der Waals surface area contributed by atoms with Crippen LogP contribution in [0.25, 0.3) is 0 Å². The smallest absolute Gasteiger partial charge is 0.206 e. The van der Waals surface area contributed by atoms with Crippen LogP contribution in [0.5, 0.6) is 0 Å². The molecular weight excluding hydrogens is 170 g/mol. The van der Waals surface area contributed by atoms with E-state index in [-0.39, 0.29) is 17.3 Å². The lowest BCUT2D eigenvalue weighted by atomic mass is 9.49. The Morgan fingerprint density at radius 3 is 2.00 bits per heavy atom. The number of alkyl halides is 2. The van der Waals surface area contributed by atoms with E-state index in [0.717, 1.165) is 25.7 Å². The Hall–Kier alpha value is -0.140. The molecule has 4 saturated carbocycles. The molecule has 0 nitrogen and oxygen atoms in total. The number of halogens is 2. The molecule has 0 heterocycles. The zero-order chi connectivity index (χ0) is 9.27. The van der Waals surface area contributed by atoms with Gasteiger partial charge in [-0.1, -0.05) is 6.92 Å². The normalized spacial score (nSPS) is 57.0. The number of hydrogen-bond donors (Lipinski definition) is 0. The van der Waals surface area contributed by atoms with E-state index in [9.17, 15) is 8.78 Å². The quantitative estimate of drug-likeness (QED) is 0.543. The van der Waals surface area contributed by atoms with Crippen molar-refractivity contribution in [1.29, 1.82) is 0 Å². The molecule has 0 N–H and O–H groups in total. The van der Waals surface area contributed by atoms with Gasteiger partial charge in [-0.15, -0.1) is 0 Å². The van der Waals surface area contributed by atoms with Gasteiger partial charge in [-0.25, -0.2) is 8.78 Å². The standard InChI is InChI=1S/C11H16F2/c1-10-4-7-2-8(5-10)11(12,13)9(3-7)6-10/h7-9H,2-6H2,1H3. The van der Waals surface area contributed by atoms with Crippen molar-refractivity contribution < 1.29 is 8.78 Å². The first kappa shape index (κ1) is 8.19. The Morgan fingerprint density at radius 1 is 1.00 bits per heavy atom. The fourth-order valence-electron chi connectivity index (χ4n) is 4.29. The summed E-state index contributed by atoms with van der Waals surface area (Å²) in [7, 11) is 0. The summed E-state index contributed by atoms with van der Waals surface area (Å²) in [6.45, 7) is 2.22. The van der Waals surface area contributed by atoms with Crippen LogP contribution < -0.4 is 0 Å². The second kappa shape index (κ2) is 2.09. The van der Waals surface area contributed by atoms with Gasteiger partial charge in [0.15, 0.2) is 0 Å². The molecule has 74 valence electrons. The predicted molar refractivity (Wildman–Crippen MR) is 46.6 cm³/mol. The van der Waals surface area contributed by atoms with E-state index in [1.54, 1.807) is 0 Å². The van der Waals surface area contributed by atoms with Crippen LogP contribution in [0.2, 0.25) is 0 Å². The van der Waals surface area contributed by atoms with E-state index >= 15 is 0 Å². The summed E-state index contributed by atoms with van der Waals surface area (Å²) in [5.74, 6) is -2.24. The van der Waals surface area contributed by atoms with Gasteiger partial charge in [-0.2, -0.15) is 0 Å². The third kappa shape index (κ3) is 0.949. The van der Waals surface area contributed by atoms with Crippen molar-refractivity contribution >= 4 is 0 Å². The molecule has 0 amide bonds. The summed E-state index contributed by atoms with van der Waals surface area (Å²) in [6.07, 6.45) is 4.40. The average Bonchev–Trinajstić information content (AvgIpc) is 1.97. The topological polar surface area (TPSA) is 0 Å². The Balaban J connectivity index is 1.99. The second-order valence-electron chi connectivity index (χ2n) is 5.83. The first-order valence-corrected chi connectivity index (χ1v) is 5.37. The van der Waals surface area contributed by atoms with Crippen molar-refractivity contribution in [2.75, 3.05) is 0 Å². The van der Waals surface area contributed by atoms with Gasteiger partial charge in [0.05, 0.1) is 0 Å². The molecule has 4 bridgehead atoms. The third-order valence-corrected chi connectivity index (χ3v) is 4.58. The predicted octanol–water partition coefficient (Wildman–Crippen LogP) is 3.47. The van der Waals surface area contributed by atoms with Gasteiger partial charge in [0.1, 0.15) is 0 Å². The monoisotopic (exact) mass is 186 g/mol. The summed E-state index contributed by atoms with van der Waals surface area (Å²) in [6, 6.07) is 0. The lowest BCUT2D eigenvalue weighted by molar-refractivity contribution is -0.222. The maximum absolute atomic E-state index is 13.7. The number of rotatable bonds is 0. The molecule has 0 radical (unpaired) electrons. The summed E-state index contributed by atoms with van der Waals surface area (Å²) in [5.41, 5.74) is 0.276. The number of hydrogen-bond acceptors (Lipinski definition) is 0. The highest BCUT2D eigenvalue weighted by Gasteiger charge is 2.62. The van der Waals surface area contributed by atoms with Crippen LogP contribution in [0, 0.1) is 23.2 Å². The molecule has 0 aromatic carbocycles. The fraction of sp³-hybridized carbons (Fsp3) is 1.00. The summed E-state index contributed by atoms with van der Waals surface area (Å²) >= 11 is 0. The van der Waals surface area contributed by atoms with Crippen LogP contribution in [-0.4, -0.2) is 5.92 Å². The lowest BCUT2D eigenvalue weighted by Gasteiger charge is -2.58. The van der Waals surface area contributed by atoms with Gasteiger partial charge in [0.2, 0.25) is 0 Å². The lowest BCUT2D eigenvalue weighted by Crippen LogP contribution is -2.56. The van der Waals surface area contributed by atoms with E-state index in [0.29, 0.717) is 5.92 Å². The Bertz CT molecular complexity index is 228. The largest absolute Gasteiger partial charge is 0.253 e. The molecule has 4 fully saturated rings. The van der Waals surface area contributed by atoms with Crippen molar-refractivity contribution in [3.05, 3.63) is 0 Å². The van der Waals surface area contributed by atoms with Crippen LogP contribution in [0.1, 0.15) is 39.0 Å². The first-order valence-electron chi connectivity index (χ1n) is 5.37. The zero-order valence-corrected chi connectivity index (χ0v) is 8.02. The highest BCUT2D eigenvalue weighted by molar-refractivity contribution is 5.06. The molecule has 4 rings (SSSR count). The Kier molecular flexibility index (Phi) is 1.32. The minimum Gasteiger partial charge on any atom is -0.206 e. The van der Waals surface area contributed by atoms with Crippen molar-refractivity contribution in [2.45, 2.75) is 45.0 Å². The van der Waals surface area contributed by atoms with Crippen LogP contribution >= 0.6 is 0 Å². The van der Waals surface area contributed by atoms with Gasteiger partial charge in [0.25, 0.3) is 5.92 Å². The van der Waals surface area contributed by atoms with Gasteiger partial charge >= 0.3 is 0 Å². The minimum absolute atomic E-state index is 0.274. The van der Waals surface area contributed by atoms with Crippen LogP contribution in [0.4, 0.5) is 8.78 Å². The van der Waals surface area contributed by atoms with Gasteiger partial charge in [-0.3, -0.25) is 0 Å². The molecule has 4 aliphatic rings. The Morgan fingerprint density at radius 2 is 1.54 bits per heavy atom. The summed E-state index contributed by atoms with van der Waals surface area (Å²) in [5, 5.41) is 0. The molecule has 2 atom stereocenters. The molecule has 2 heteroatoms. The van der Waals surface area contributed by atoms with E-state index in [1.807, 2.05) is 0 Å². The van der Waals surface area contributed by atoms with Gasteiger partial charge in [0, 0.05) is 11.8 Å². The third-order valence-electron chi connectivity index (χ3n) is 4.58. The van der Waals surface area contributed by atoms with Crippen molar-refractivity contribution in [2.24, 2.45) is 23.2 Å². The van der Waals surface area contributed by atoms with Gasteiger partial charge in [-0.05, 0) is 43.4 Å². The van der Waals surface area contributed by atoms with E-state index < -0.39 is 5.92 Å². The molecule has 0 spiro atoms. The van der Waals surface area contributed by atoms with Crippen LogP contribution in [0.3, 0.4) is 0 Å². The van der Waals surface area contributed by atoms with Crippen LogP contribution in [-0.2, 0) is 0 Å². The zero-order valence-electron chi connectivity index (χ0n) is 8.02. The Labute approximate surface area is 77.7 Å². The molecule has 0 aromatic heterocycles. The van der Waals surface area contributed by atoms with Crippen molar-refractivity contribution in [1.82, 2.24) is 0 Å². The molecule has 13 heavy (non-hydrogen) atoms. The summed E-state index contributed by atoms with van der Waals surface area (Å²) < 4.78 is 27.4. The second-order valence-corrected chi connectivity index (χ2v) is 5.83. The average molecular weight is 186 g/mol. The SMILES string of the molecule is CC12CC3CC(C1)C(F)(F)C(C3)C2. The molecule has 0 aromatic rings. The van der Waals surface area contributed by atoms with Crippen molar-refractivity contribution in [3.63, 3.8) is 0 Å². The molecule has 0 aliphatic heterocycles. The maximum atomic E-state index is 13.7. The highest BCUT2D eigenvalue weighted by atomic mass is 19.3. The summed E-state index contributed by atoms with van der Waals surface area (Å²) in [4.78, 5) is 0. The minimum atomic E-state index is -2.32. The van der Waals surface area contributed by atoms with E-state index in [2.05, 4.69) is 6.92 Å². The molecule has 2 unspecified atom stereocenters. The fourth-order valence-corrected chi connectivity index (χ4v) is 4.29. The molecule has 0 saturated heterocycles. The first-order chi connectivity index (χ1) is 6.00. The molecular formula is C11H16F2. The van der Waals surface area contributed by atoms with E-state index in [1.165, 1.54) is 6.42 Å². The van der Waals surface area contributed by atoms with Crippen LogP contribution in [0.15, 0.2) is 0 Å². The van der Waals surface area contributed by atoms with E-state index in [4.69, 9.17) is 0 Å². The van der Waals surface area contributed by atoms with Gasteiger partial charge < -0.3 is 0 Å².